The van der Waals surface area contributed by atoms with Crippen molar-refractivity contribution in [2.45, 2.75) is 24.7 Å². The maximum Gasteiger partial charge on any atom is 0.307 e. The minimum atomic E-state index is -0.795. The van der Waals surface area contributed by atoms with Gasteiger partial charge in [0.15, 0.2) is 0 Å². The highest BCUT2D eigenvalue weighted by Crippen LogP contribution is 2.36. The molecule has 0 fully saturated rings. The van der Waals surface area contributed by atoms with Gasteiger partial charge in [0.2, 0.25) is 0 Å². The van der Waals surface area contributed by atoms with Crippen LogP contribution in [0.2, 0.25) is 0 Å². The third-order valence-electron chi connectivity index (χ3n) is 4.78. The SMILES string of the molecule is CC/C(CC(=O)O)=C(\c1ccccc1)c1ccc(-c2ccccc2)c(SC)c1. The van der Waals surface area contributed by atoms with Crippen LogP contribution in [-0.2, 0) is 4.79 Å². The van der Waals surface area contributed by atoms with Gasteiger partial charge < -0.3 is 5.11 Å². The number of rotatable bonds is 7. The number of benzene rings is 3. The molecule has 3 rings (SSSR count). The molecule has 0 bridgehead atoms. The molecule has 0 saturated carbocycles. The number of thioether (sulfide) groups is 1. The Balaban J connectivity index is 2.18. The van der Waals surface area contributed by atoms with E-state index >= 15 is 0 Å². The summed E-state index contributed by atoms with van der Waals surface area (Å²) in [6, 6.07) is 26.9. The highest BCUT2D eigenvalue weighted by atomic mass is 32.2. The van der Waals surface area contributed by atoms with Crippen molar-refractivity contribution < 1.29 is 9.90 Å². The standard InChI is InChI=1S/C25H24O2S/c1-3-18(17-24(26)27)25(20-12-8-5-9-13-20)21-14-15-22(23(16-21)28-2)19-10-6-4-7-11-19/h4-16H,3,17H2,1-2H3,(H,26,27)/b25-18-. The van der Waals surface area contributed by atoms with Crippen LogP contribution >= 0.6 is 11.8 Å². The fourth-order valence-electron chi connectivity index (χ4n) is 3.46. The molecular weight excluding hydrogens is 364 g/mol. The van der Waals surface area contributed by atoms with Crippen LogP contribution in [0.3, 0.4) is 0 Å². The van der Waals surface area contributed by atoms with Crippen LogP contribution in [0.4, 0.5) is 0 Å². The molecule has 0 saturated heterocycles. The van der Waals surface area contributed by atoms with E-state index in [2.05, 4.69) is 48.7 Å². The van der Waals surface area contributed by atoms with E-state index in [1.807, 2.05) is 43.3 Å². The average Bonchev–Trinajstić information content (AvgIpc) is 2.74. The Labute approximate surface area is 170 Å². The van der Waals surface area contributed by atoms with Crippen LogP contribution in [0.25, 0.3) is 16.7 Å². The van der Waals surface area contributed by atoms with Crippen LogP contribution in [0.5, 0.6) is 0 Å². The summed E-state index contributed by atoms with van der Waals surface area (Å²) in [4.78, 5) is 12.6. The predicted molar refractivity (Wildman–Crippen MR) is 119 cm³/mol. The third-order valence-corrected chi connectivity index (χ3v) is 5.56. The van der Waals surface area contributed by atoms with E-state index in [9.17, 15) is 9.90 Å². The molecule has 2 nitrogen and oxygen atoms in total. The second-order valence-electron chi connectivity index (χ2n) is 6.55. The topological polar surface area (TPSA) is 37.3 Å². The summed E-state index contributed by atoms with van der Waals surface area (Å²) >= 11 is 1.71. The molecule has 0 aliphatic heterocycles. The van der Waals surface area contributed by atoms with Crippen molar-refractivity contribution in [3.63, 3.8) is 0 Å². The largest absolute Gasteiger partial charge is 0.481 e. The molecule has 3 heteroatoms. The lowest BCUT2D eigenvalue weighted by atomic mass is 9.89. The molecule has 0 spiro atoms. The van der Waals surface area contributed by atoms with Gasteiger partial charge in [-0.1, -0.05) is 85.3 Å². The molecule has 142 valence electrons. The molecular formula is C25H24O2S. The molecule has 0 aromatic heterocycles. The minimum absolute atomic E-state index is 0.0514. The highest BCUT2D eigenvalue weighted by molar-refractivity contribution is 7.98. The van der Waals surface area contributed by atoms with Gasteiger partial charge in [0.1, 0.15) is 0 Å². The summed E-state index contributed by atoms with van der Waals surface area (Å²) < 4.78 is 0. The Morgan fingerprint density at radius 3 is 2.11 bits per heavy atom. The van der Waals surface area contributed by atoms with Gasteiger partial charge in [-0.25, -0.2) is 0 Å². The molecule has 0 radical (unpaired) electrons. The van der Waals surface area contributed by atoms with E-state index < -0.39 is 5.97 Å². The first-order chi connectivity index (χ1) is 13.6. The lowest BCUT2D eigenvalue weighted by molar-refractivity contribution is -0.136. The van der Waals surface area contributed by atoms with E-state index in [0.717, 1.165) is 22.3 Å². The second-order valence-corrected chi connectivity index (χ2v) is 7.40. The summed E-state index contributed by atoms with van der Waals surface area (Å²) in [5.41, 5.74) is 6.47. The van der Waals surface area contributed by atoms with Crippen LogP contribution < -0.4 is 0 Å². The Hall–Kier alpha value is -2.78. The van der Waals surface area contributed by atoms with E-state index in [0.29, 0.717) is 6.42 Å². The second kappa shape index (κ2) is 9.43. The van der Waals surface area contributed by atoms with Crippen molar-refractivity contribution >= 4 is 23.3 Å². The maximum atomic E-state index is 11.5. The number of aliphatic carboxylic acids is 1. The smallest absolute Gasteiger partial charge is 0.307 e. The van der Waals surface area contributed by atoms with E-state index in [4.69, 9.17) is 0 Å². The first-order valence-corrected chi connectivity index (χ1v) is 10.6. The van der Waals surface area contributed by atoms with Crippen molar-refractivity contribution in [1.82, 2.24) is 0 Å². The zero-order chi connectivity index (χ0) is 19.9. The fourth-order valence-corrected chi connectivity index (χ4v) is 4.11. The van der Waals surface area contributed by atoms with Crippen molar-refractivity contribution in [2.75, 3.05) is 6.26 Å². The quantitative estimate of drug-likeness (QED) is 0.454. The summed E-state index contributed by atoms with van der Waals surface area (Å²) in [5.74, 6) is -0.795. The summed E-state index contributed by atoms with van der Waals surface area (Å²) in [6.45, 7) is 2.02. The predicted octanol–water partition coefficient (Wildman–Crippen LogP) is 6.76. The number of carboxylic acid groups (broad SMARTS) is 1. The van der Waals surface area contributed by atoms with Gasteiger partial charge in [-0.15, -0.1) is 11.8 Å². The van der Waals surface area contributed by atoms with Crippen LogP contribution in [-0.4, -0.2) is 17.3 Å². The van der Waals surface area contributed by atoms with Crippen molar-refractivity contribution in [3.05, 3.63) is 95.6 Å². The number of hydrogen-bond donors (Lipinski definition) is 1. The Kier molecular flexibility index (Phi) is 6.72. The molecule has 0 aliphatic rings. The molecule has 28 heavy (non-hydrogen) atoms. The zero-order valence-corrected chi connectivity index (χ0v) is 17.0. The van der Waals surface area contributed by atoms with Gasteiger partial charge in [0.05, 0.1) is 6.42 Å². The van der Waals surface area contributed by atoms with Gasteiger partial charge in [0.25, 0.3) is 0 Å². The molecule has 0 aliphatic carbocycles. The molecule has 3 aromatic rings. The first-order valence-electron chi connectivity index (χ1n) is 9.37. The van der Waals surface area contributed by atoms with Crippen molar-refractivity contribution in [2.24, 2.45) is 0 Å². The lowest BCUT2D eigenvalue weighted by Crippen LogP contribution is -2.02. The molecule has 0 amide bonds. The van der Waals surface area contributed by atoms with Crippen LogP contribution in [0.1, 0.15) is 30.9 Å². The van der Waals surface area contributed by atoms with Gasteiger partial charge in [-0.05, 0) is 46.6 Å². The van der Waals surface area contributed by atoms with Crippen molar-refractivity contribution in [3.8, 4) is 11.1 Å². The molecule has 0 atom stereocenters. The maximum absolute atomic E-state index is 11.5. The Morgan fingerprint density at radius 1 is 0.893 bits per heavy atom. The van der Waals surface area contributed by atoms with Gasteiger partial charge >= 0.3 is 5.97 Å². The summed E-state index contributed by atoms with van der Waals surface area (Å²) in [7, 11) is 0. The lowest BCUT2D eigenvalue weighted by Gasteiger charge is -2.17. The van der Waals surface area contributed by atoms with Crippen LogP contribution in [0.15, 0.2) is 89.3 Å². The van der Waals surface area contributed by atoms with Gasteiger partial charge in [0, 0.05) is 4.90 Å². The van der Waals surface area contributed by atoms with Crippen LogP contribution in [0, 0.1) is 0 Å². The number of hydrogen-bond acceptors (Lipinski definition) is 2. The van der Waals surface area contributed by atoms with E-state index in [1.165, 1.54) is 16.0 Å². The van der Waals surface area contributed by atoms with E-state index in [1.54, 1.807) is 11.8 Å². The number of carbonyl (C=O) groups is 1. The molecule has 3 aromatic carbocycles. The monoisotopic (exact) mass is 388 g/mol. The fraction of sp³-hybridized carbons (Fsp3) is 0.160. The number of carboxylic acids is 1. The molecule has 0 unspecified atom stereocenters. The van der Waals surface area contributed by atoms with Gasteiger partial charge in [-0.2, -0.15) is 0 Å². The summed E-state index contributed by atoms with van der Waals surface area (Å²) in [6.07, 6.45) is 2.83. The summed E-state index contributed by atoms with van der Waals surface area (Å²) in [5, 5.41) is 9.41. The van der Waals surface area contributed by atoms with Gasteiger partial charge in [-0.3, -0.25) is 4.79 Å². The Bertz CT molecular complexity index is 976. The minimum Gasteiger partial charge on any atom is -0.481 e. The Morgan fingerprint density at radius 2 is 1.54 bits per heavy atom. The third kappa shape index (κ3) is 4.55. The highest BCUT2D eigenvalue weighted by Gasteiger charge is 2.15. The first kappa shape index (κ1) is 20.0. The zero-order valence-electron chi connectivity index (χ0n) is 16.2. The molecule has 0 heterocycles. The normalized spacial score (nSPS) is 11.8. The average molecular weight is 389 g/mol. The molecule has 1 N–H and O–H groups in total. The van der Waals surface area contributed by atoms with E-state index in [-0.39, 0.29) is 6.42 Å². The van der Waals surface area contributed by atoms with Crippen molar-refractivity contribution in [1.29, 1.82) is 0 Å².